The molecule has 1 aliphatic heterocycles. The minimum Gasteiger partial charge on any atom is -0.285 e. The maximum absolute atomic E-state index is 11.4. The molecule has 1 aromatic rings. The molecule has 0 spiro atoms. The molecule has 0 bridgehead atoms. The van der Waals surface area contributed by atoms with Gasteiger partial charge in [-0.05, 0) is 12.8 Å². The van der Waals surface area contributed by atoms with E-state index in [0.29, 0.717) is 17.3 Å². The zero-order chi connectivity index (χ0) is 9.92. The Balaban J connectivity index is 2.21. The maximum atomic E-state index is 11.4. The van der Waals surface area contributed by atoms with E-state index in [1.807, 2.05) is 0 Å². The average molecular weight is 214 g/mol. The van der Waals surface area contributed by atoms with Gasteiger partial charge in [0.2, 0.25) is 0 Å². The Hall–Kier alpha value is -1.04. The first kappa shape index (κ1) is 8.28. The monoisotopic (exact) mass is 214 g/mol. The number of aromatic nitrogens is 2. The Morgan fingerprint density at radius 3 is 2.64 bits per heavy atom. The molecule has 6 heteroatoms. The average Bonchev–Trinajstić information content (AvgIpc) is 2.80. The fourth-order valence-electron chi connectivity index (χ4n) is 1.95. The molecule has 0 radical (unpaired) electrons. The Morgan fingerprint density at radius 1 is 1.29 bits per heavy atom. The standard InChI is InChI=1S/C8H10N2O3S/c11-8-6-3-14(12,13)4-7(6)10(9-8)5-1-2-5/h5H,1-4H2,(H,9,11). The Kier molecular flexibility index (Phi) is 1.36. The van der Waals surface area contributed by atoms with Crippen molar-refractivity contribution in [2.45, 2.75) is 30.4 Å². The molecule has 0 unspecified atom stereocenters. The second-order valence-electron chi connectivity index (χ2n) is 4.00. The summed E-state index contributed by atoms with van der Waals surface area (Å²) in [5, 5.41) is 2.71. The fourth-order valence-corrected chi connectivity index (χ4v) is 3.52. The van der Waals surface area contributed by atoms with Crippen molar-refractivity contribution in [3.8, 4) is 0 Å². The highest BCUT2D eigenvalue weighted by atomic mass is 32.2. The van der Waals surface area contributed by atoms with Gasteiger partial charge in [0.15, 0.2) is 9.84 Å². The van der Waals surface area contributed by atoms with E-state index in [-0.39, 0.29) is 17.1 Å². The lowest BCUT2D eigenvalue weighted by molar-refractivity contribution is 0.586. The molecule has 76 valence electrons. The SMILES string of the molecule is O=c1[nH]n(C2CC2)c2c1CS(=O)(=O)C2. The van der Waals surface area contributed by atoms with Crippen LogP contribution in [0.2, 0.25) is 0 Å². The molecule has 1 N–H and O–H groups in total. The van der Waals surface area contributed by atoms with E-state index in [9.17, 15) is 13.2 Å². The van der Waals surface area contributed by atoms with Gasteiger partial charge in [0.25, 0.3) is 5.56 Å². The summed E-state index contributed by atoms with van der Waals surface area (Å²) in [5.41, 5.74) is 0.919. The molecule has 1 fully saturated rings. The quantitative estimate of drug-likeness (QED) is 0.711. The second kappa shape index (κ2) is 2.31. The predicted octanol–water partition coefficient (Wildman–Crippen LogP) is -0.0603. The van der Waals surface area contributed by atoms with Crippen LogP contribution in [0.4, 0.5) is 0 Å². The van der Waals surface area contributed by atoms with Crippen LogP contribution in [0.3, 0.4) is 0 Å². The van der Waals surface area contributed by atoms with Gasteiger partial charge in [-0.3, -0.25) is 14.6 Å². The molecule has 0 atom stereocenters. The van der Waals surface area contributed by atoms with Crippen molar-refractivity contribution < 1.29 is 8.42 Å². The van der Waals surface area contributed by atoms with Gasteiger partial charge < -0.3 is 0 Å². The molecular formula is C8H10N2O3S. The topological polar surface area (TPSA) is 71.9 Å². The summed E-state index contributed by atoms with van der Waals surface area (Å²) in [6.45, 7) is 0. The van der Waals surface area contributed by atoms with Crippen LogP contribution in [0.15, 0.2) is 4.79 Å². The minimum atomic E-state index is -3.05. The highest BCUT2D eigenvalue weighted by molar-refractivity contribution is 7.90. The Labute approximate surface area is 80.6 Å². The molecule has 3 rings (SSSR count). The summed E-state index contributed by atoms with van der Waals surface area (Å²) in [6, 6.07) is 0.333. The molecule has 2 heterocycles. The molecule has 1 aliphatic carbocycles. The molecule has 1 saturated carbocycles. The summed E-state index contributed by atoms with van der Waals surface area (Å²) in [6.07, 6.45) is 2.08. The zero-order valence-electron chi connectivity index (χ0n) is 7.49. The number of nitrogens with one attached hydrogen (secondary N) is 1. The van der Waals surface area contributed by atoms with Crippen LogP contribution in [0.5, 0.6) is 0 Å². The number of hydrogen-bond donors (Lipinski definition) is 1. The van der Waals surface area contributed by atoms with Crippen molar-refractivity contribution in [3.05, 3.63) is 21.6 Å². The van der Waals surface area contributed by atoms with Gasteiger partial charge in [-0.2, -0.15) is 0 Å². The van der Waals surface area contributed by atoms with E-state index in [1.165, 1.54) is 0 Å². The van der Waals surface area contributed by atoms with Gasteiger partial charge in [-0.25, -0.2) is 8.42 Å². The summed E-state index contributed by atoms with van der Waals surface area (Å²) < 4.78 is 24.4. The van der Waals surface area contributed by atoms with E-state index in [4.69, 9.17) is 0 Å². The second-order valence-corrected chi connectivity index (χ2v) is 6.06. The number of hydrogen-bond acceptors (Lipinski definition) is 3. The number of nitrogens with zero attached hydrogens (tertiary/aromatic N) is 1. The van der Waals surface area contributed by atoms with Crippen LogP contribution < -0.4 is 5.56 Å². The van der Waals surface area contributed by atoms with Crippen LogP contribution in [-0.4, -0.2) is 18.2 Å². The number of sulfone groups is 1. The van der Waals surface area contributed by atoms with E-state index in [1.54, 1.807) is 4.68 Å². The van der Waals surface area contributed by atoms with Crippen LogP contribution in [0.1, 0.15) is 30.1 Å². The molecule has 5 nitrogen and oxygen atoms in total. The van der Waals surface area contributed by atoms with Gasteiger partial charge in [0, 0.05) is 0 Å². The first-order chi connectivity index (χ1) is 6.57. The molecule has 1 aromatic heterocycles. The van der Waals surface area contributed by atoms with Gasteiger partial charge >= 0.3 is 0 Å². The van der Waals surface area contributed by atoms with E-state index >= 15 is 0 Å². The maximum Gasteiger partial charge on any atom is 0.268 e. The van der Waals surface area contributed by atoms with Crippen LogP contribution >= 0.6 is 0 Å². The van der Waals surface area contributed by atoms with E-state index in [0.717, 1.165) is 12.8 Å². The molecular weight excluding hydrogens is 204 g/mol. The number of fused-ring (bicyclic) bond motifs is 1. The number of H-pyrrole nitrogens is 1. The summed E-state index contributed by atoms with van der Waals surface area (Å²) in [4.78, 5) is 11.4. The molecule has 0 aromatic carbocycles. The van der Waals surface area contributed by atoms with Crippen molar-refractivity contribution in [2.24, 2.45) is 0 Å². The lowest BCUT2D eigenvalue weighted by Crippen LogP contribution is -2.11. The first-order valence-electron chi connectivity index (χ1n) is 4.59. The van der Waals surface area contributed by atoms with E-state index in [2.05, 4.69) is 5.10 Å². The number of rotatable bonds is 1. The third-order valence-corrected chi connectivity index (χ3v) is 4.21. The molecule has 0 amide bonds. The first-order valence-corrected chi connectivity index (χ1v) is 6.42. The van der Waals surface area contributed by atoms with Crippen molar-refractivity contribution in [2.75, 3.05) is 0 Å². The molecule has 2 aliphatic rings. The minimum absolute atomic E-state index is 0.0254. The van der Waals surface area contributed by atoms with Crippen LogP contribution in [0, 0.1) is 0 Å². The lowest BCUT2D eigenvalue weighted by Gasteiger charge is -2.02. The third-order valence-electron chi connectivity index (χ3n) is 2.77. The van der Waals surface area contributed by atoms with Crippen LogP contribution in [-0.2, 0) is 21.3 Å². The predicted molar refractivity (Wildman–Crippen MR) is 49.7 cm³/mol. The van der Waals surface area contributed by atoms with Gasteiger partial charge in [0.1, 0.15) is 0 Å². The summed E-state index contributed by atoms with van der Waals surface area (Å²) in [5.74, 6) is -0.0606. The smallest absolute Gasteiger partial charge is 0.268 e. The highest BCUT2D eigenvalue weighted by Crippen LogP contribution is 2.37. The van der Waals surface area contributed by atoms with Crippen LogP contribution in [0.25, 0.3) is 0 Å². The zero-order valence-corrected chi connectivity index (χ0v) is 8.30. The summed E-state index contributed by atoms with van der Waals surface area (Å²) >= 11 is 0. The summed E-state index contributed by atoms with van der Waals surface area (Å²) in [7, 11) is -3.05. The van der Waals surface area contributed by atoms with Crippen molar-refractivity contribution in [1.82, 2.24) is 9.78 Å². The van der Waals surface area contributed by atoms with Gasteiger partial charge in [-0.1, -0.05) is 0 Å². The van der Waals surface area contributed by atoms with Gasteiger partial charge in [-0.15, -0.1) is 0 Å². The molecule has 14 heavy (non-hydrogen) atoms. The lowest BCUT2D eigenvalue weighted by atomic mass is 10.3. The van der Waals surface area contributed by atoms with Crippen molar-refractivity contribution in [3.63, 3.8) is 0 Å². The highest BCUT2D eigenvalue weighted by Gasteiger charge is 2.35. The Bertz CT molecular complexity index is 548. The largest absolute Gasteiger partial charge is 0.285 e. The third kappa shape index (κ3) is 1.06. The van der Waals surface area contributed by atoms with Crippen molar-refractivity contribution >= 4 is 9.84 Å². The molecule has 0 saturated heterocycles. The Morgan fingerprint density at radius 2 is 2.00 bits per heavy atom. The van der Waals surface area contributed by atoms with Crippen molar-refractivity contribution in [1.29, 1.82) is 0 Å². The fraction of sp³-hybridized carbons (Fsp3) is 0.625. The number of aromatic amines is 1. The normalized spacial score (nSPS) is 23.7. The van der Waals surface area contributed by atoms with Gasteiger partial charge in [0.05, 0.1) is 28.8 Å². The van der Waals surface area contributed by atoms with E-state index < -0.39 is 9.84 Å².